The Labute approximate surface area is 152 Å². The average molecular weight is 359 g/mol. The van der Waals surface area contributed by atoms with Crippen LogP contribution in [0.25, 0.3) is 10.9 Å². The number of para-hydroxylation sites is 1. The summed E-state index contributed by atoms with van der Waals surface area (Å²) in [7, 11) is 1.72. The zero-order chi connectivity index (χ0) is 18.4. The van der Waals surface area contributed by atoms with Crippen LogP contribution < -0.4 is 15.6 Å². The molecule has 0 radical (unpaired) electrons. The number of nitrogens with one attached hydrogen (secondary N) is 1. The summed E-state index contributed by atoms with van der Waals surface area (Å²) < 4.78 is 12.5. The molecular formula is C19H25N3O4. The monoisotopic (exact) mass is 359 g/mol. The Hall–Kier alpha value is -2.38. The number of aryl methyl sites for hydroxylation is 1. The molecule has 7 nitrogen and oxygen atoms in total. The molecule has 26 heavy (non-hydrogen) atoms. The Morgan fingerprint density at radius 3 is 2.85 bits per heavy atom. The summed E-state index contributed by atoms with van der Waals surface area (Å²) in [4.78, 5) is 26.4. The van der Waals surface area contributed by atoms with E-state index < -0.39 is 0 Å². The zero-order valence-corrected chi connectivity index (χ0v) is 15.1. The number of pyridine rings is 1. The lowest BCUT2D eigenvalue weighted by Crippen LogP contribution is -2.38. The van der Waals surface area contributed by atoms with Crippen molar-refractivity contribution in [2.75, 3.05) is 46.0 Å². The lowest BCUT2D eigenvalue weighted by molar-refractivity contribution is -0.123. The van der Waals surface area contributed by atoms with Crippen molar-refractivity contribution in [3.8, 4) is 5.75 Å². The van der Waals surface area contributed by atoms with Gasteiger partial charge in [0.25, 0.3) is 11.5 Å². The van der Waals surface area contributed by atoms with Crippen LogP contribution in [0, 0.1) is 0 Å². The van der Waals surface area contributed by atoms with Crippen LogP contribution >= 0.6 is 0 Å². The molecule has 0 spiro atoms. The van der Waals surface area contributed by atoms with Gasteiger partial charge < -0.3 is 19.4 Å². The summed E-state index contributed by atoms with van der Waals surface area (Å²) in [6, 6.07) is 8.91. The Balaban J connectivity index is 1.48. The van der Waals surface area contributed by atoms with Crippen molar-refractivity contribution < 1.29 is 14.3 Å². The Bertz CT molecular complexity index is 812. The first kappa shape index (κ1) is 18.4. The Kier molecular flexibility index (Phi) is 6.25. The van der Waals surface area contributed by atoms with Crippen molar-refractivity contribution >= 4 is 16.8 Å². The number of ether oxygens (including phenoxy) is 2. The summed E-state index contributed by atoms with van der Waals surface area (Å²) in [6.45, 7) is 4.92. The van der Waals surface area contributed by atoms with Gasteiger partial charge in [0.2, 0.25) is 0 Å². The number of rotatable bonds is 7. The van der Waals surface area contributed by atoms with Gasteiger partial charge in [0, 0.05) is 38.1 Å². The number of amides is 1. The van der Waals surface area contributed by atoms with Gasteiger partial charge in [-0.25, -0.2) is 0 Å². The molecule has 2 heterocycles. The highest BCUT2D eigenvalue weighted by molar-refractivity contribution is 5.86. The van der Waals surface area contributed by atoms with Gasteiger partial charge in [0.1, 0.15) is 5.75 Å². The van der Waals surface area contributed by atoms with Crippen molar-refractivity contribution in [2.24, 2.45) is 7.05 Å². The number of aromatic nitrogens is 1. The molecule has 0 bridgehead atoms. The summed E-state index contributed by atoms with van der Waals surface area (Å²) >= 11 is 0. The quantitative estimate of drug-likeness (QED) is 0.739. The molecule has 2 aromatic rings. The van der Waals surface area contributed by atoms with Crippen LogP contribution in [0.4, 0.5) is 0 Å². The van der Waals surface area contributed by atoms with E-state index in [0.29, 0.717) is 12.3 Å². The van der Waals surface area contributed by atoms with Crippen LogP contribution in [0.1, 0.15) is 6.42 Å². The first-order chi connectivity index (χ1) is 12.6. The van der Waals surface area contributed by atoms with Crippen molar-refractivity contribution in [1.29, 1.82) is 0 Å². The number of morpholine rings is 1. The van der Waals surface area contributed by atoms with Crippen LogP contribution in [-0.4, -0.2) is 61.4 Å². The molecule has 1 aromatic carbocycles. The first-order valence-corrected chi connectivity index (χ1v) is 8.93. The fraction of sp³-hybridized carbons (Fsp3) is 0.474. The van der Waals surface area contributed by atoms with E-state index >= 15 is 0 Å². The van der Waals surface area contributed by atoms with Gasteiger partial charge in [-0.1, -0.05) is 12.1 Å². The minimum Gasteiger partial charge on any atom is -0.483 e. The third-order valence-corrected chi connectivity index (χ3v) is 4.55. The fourth-order valence-corrected chi connectivity index (χ4v) is 3.05. The second-order valence-corrected chi connectivity index (χ2v) is 6.37. The summed E-state index contributed by atoms with van der Waals surface area (Å²) in [5.74, 6) is 0.254. The van der Waals surface area contributed by atoms with Crippen LogP contribution in [0.5, 0.6) is 5.75 Å². The molecule has 3 rings (SSSR count). The second-order valence-electron chi connectivity index (χ2n) is 6.37. The van der Waals surface area contributed by atoms with Gasteiger partial charge in [-0.15, -0.1) is 0 Å². The van der Waals surface area contributed by atoms with Crippen molar-refractivity contribution in [2.45, 2.75) is 6.42 Å². The zero-order valence-electron chi connectivity index (χ0n) is 15.1. The van der Waals surface area contributed by atoms with E-state index in [-0.39, 0.29) is 18.1 Å². The van der Waals surface area contributed by atoms with Crippen LogP contribution in [-0.2, 0) is 16.6 Å². The first-order valence-electron chi connectivity index (χ1n) is 8.93. The maximum Gasteiger partial charge on any atom is 0.257 e. The molecule has 1 fully saturated rings. The number of benzene rings is 1. The molecule has 1 N–H and O–H groups in total. The lowest BCUT2D eigenvalue weighted by atomic mass is 10.2. The van der Waals surface area contributed by atoms with E-state index in [9.17, 15) is 9.59 Å². The summed E-state index contributed by atoms with van der Waals surface area (Å²) in [5, 5.41) is 3.68. The summed E-state index contributed by atoms with van der Waals surface area (Å²) in [6.07, 6.45) is 0.889. The number of nitrogens with zero attached hydrogens (tertiary/aromatic N) is 2. The topological polar surface area (TPSA) is 72.8 Å². The van der Waals surface area contributed by atoms with Gasteiger partial charge in [-0.3, -0.25) is 14.5 Å². The molecule has 1 aliphatic heterocycles. The highest BCUT2D eigenvalue weighted by Gasteiger charge is 2.11. The van der Waals surface area contributed by atoms with Crippen molar-refractivity contribution in [1.82, 2.24) is 14.8 Å². The number of fused-ring (bicyclic) bond motifs is 1. The minimum atomic E-state index is -0.184. The van der Waals surface area contributed by atoms with E-state index in [2.05, 4.69) is 10.2 Å². The molecule has 1 amide bonds. The van der Waals surface area contributed by atoms with Crippen LogP contribution in [0.2, 0.25) is 0 Å². The normalized spacial score (nSPS) is 15.1. The van der Waals surface area contributed by atoms with E-state index in [1.807, 2.05) is 24.3 Å². The van der Waals surface area contributed by atoms with E-state index in [1.165, 1.54) is 6.07 Å². The minimum absolute atomic E-state index is 0.102. The molecule has 0 aliphatic carbocycles. The van der Waals surface area contributed by atoms with Crippen LogP contribution in [0.15, 0.2) is 35.1 Å². The average Bonchev–Trinajstić information content (AvgIpc) is 2.68. The molecule has 0 saturated carbocycles. The molecule has 1 aromatic heterocycles. The van der Waals surface area contributed by atoms with Gasteiger partial charge in [0.15, 0.2) is 6.61 Å². The van der Waals surface area contributed by atoms with Gasteiger partial charge in [-0.05, 0) is 25.1 Å². The number of carbonyl (C=O) groups excluding carboxylic acids is 1. The maximum atomic E-state index is 12.0. The van der Waals surface area contributed by atoms with E-state index in [4.69, 9.17) is 9.47 Å². The molecule has 0 unspecified atom stereocenters. The van der Waals surface area contributed by atoms with Crippen LogP contribution in [0.3, 0.4) is 0 Å². The SMILES string of the molecule is Cn1c(=O)cc(OCC(=O)NCCCN2CCOCC2)c2ccccc21. The molecule has 1 saturated heterocycles. The highest BCUT2D eigenvalue weighted by Crippen LogP contribution is 2.22. The number of hydrogen-bond acceptors (Lipinski definition) is 5. The predicted octanol–water partition coefficient (Wildman–Crippen LogP) is 0.756. The predicted molar refractivity (Wildman–Crippen MR) is 99.6 cm³/mol. The smallest absolute Gasteiger partial charge is 0.257 e. The number of carbonyl (C=O) groups is 1. The second kappa shape index (κ2) is 8.82. The lowest BCUT2D eigenvalue weighted by Gasteiger charge is -2.26. The molecule has 140 valence electrons. The highest BCUT2D eigenvalue weighted by atomic mass is 16.5. The molecule has 1 aliphatic rings. The molecule has 7 heteroatoms. The fourth-order valence-electron chi connectivity index (χ4n) is 3.05. The third kappa shape index (κ3) is 4.62. The van der Waals surface area contributed by atoms with Crippen molar-refractivity contribution in [3.05, 3.63) is 40.7 Å². The molecular weight excluding hydrogens is 334 g/mol. The summed E-state index contributed by atoms with van der Waals surface area (Å²) in [5.41, 5.74) is 0.616. The standard InChI is InChI=1S/C19H25N3O4/c1-21-16-6-3-2-5-15(16)17(13-19(21)24)26-14-18(23)20-7-4-8-22-9-11-25-12-10-22/h2-3,5-6,13H,4,7-12,14H2,1H3,(H,20,23). The largest absolute Gasteiger partial charge is 0.483 e. The van der Waals surface area contributed by atoms with Gasteiger partial charge in [0.05, 0.1) is 18.7 Å². The van der Waals surface area contributed by atoms with Gasteiger partial charge >= 0.3 is 0 Å². The number of hydrogen-bond donors (Lipinski definition) is 1. The Morgan fingerprint density at radius 1 is 1.27 bits per heavy atom. The van der Waals surface area contributed by atoms with E-state index in [1.54, 1.807) is 11.6 Å². The van der Waals surface area contributed by atoms with Gasteiger partial charge in [-0.2, -0.15) is 0 Å². The third-order valence-electron chi connectivity index (χ3n) is 4.55. The Morgan fingerprint density at radius 2 is 2.04 bits per heavy atom. The maximum absolute atomic E-state index is 12.0. The molecule has 0 atom stereocenters. The van der Waals surface area contributed by atoms with E-state index in [0.717, 1.165) is 50.2 Å². The van der Waals surface area contributed by atoms with Crippen molar-refractivity contribution in [3.63, 3.8) is 0 Å².